The van der Waals surface area contributed by atoms with E-state index in [2.05, 4.69) is 5.10 Å². The molecule has 7 heteroatoms. The Morgan fingerprint density at radius 1 is 1.00 bits per heavy atom. The minimum atomic E-state index is -1.77. The Kier molecular flexibility index (Phi) is 4.19. The zero-order valence-corrected chi connectivity index (χ0v) is 13.2. The van der Waals surface area contributed by atoms with Crippen LogP contribution in [-0.2, 0) is 0 Å². The normalized spacial score (nSPS) is 21.0. The van der Waals surface area contributed by atoms with Crippen LogP contribution in [0.1, 0.15) is 0 Å². The molecule has 0 radical (unpaired) electrons. The predicted molar refractivity (Wildman–Crippen MR) is 86.8 cm³/mol. The number of hydrogen-bond donors (Lipinski definition) is 0. The van der Waals surface area contributed by atoms with E-state index in [0.717, 1.165) is 6.07 Å². The van der Waals surface area contributed by atoms with Crippen LogP contribution in [0.25, 0.3) is 11.1 Å². The third kappa shape index (κ3) is 2.83. The fraction of sp³-hybridized carbons (Fsp3) is 0.118. The Morgan fingerprint density at radius 2 is 1.67 bits per heavy atom. The smallest absolute Gasteiger partial charge is 0.220 e. The molecule has 1 aliphatic heterocycles. The lowest BCUT2D eigenvalue weighted by Crippen LogP contribution is -2.31. The summed E-state index contributed by atoms with van der Waals surface area (Å²) >= 11 is 5.41. The summed E-state index contributed by atoms with van der Waals surface area (Å²) in [6.07, 6.45) is 3.00. The highest BCUT2D eigenvalue weighted by Gasteiger charge is 2.33. The second-order valence-electron chi connectivity index (χ2n) is 5.43. The van der Waals surface area contributed by atoms with Crippen molar-refractivity contribution < 1.29 is 17.6 Å². The van der Waals surface area contributed by atoms with Crippen LogP contribution >= 0.6 is 11.6 Å². The van der Waals surface area contributed by atoms with Crippen LogP contribution in [0.3, 0.4) is 0 Å². The largest absolute Gasteiger partial charge is 0.223 e. The monoisotopic (exact) mass is 355 g/mol. The van der Waals surface area contributed by atoms with Crippen LogP contribution < -0.4 is 4.59 Å². The zero-order chi connectivity index (χ0) is 17.5. The fourth-order valence-corrected chi connectivity index (χ4v) is 2.72. The number of allylic oxidation sites excluding steroid dienone is 1. The maximum absolute atomic E-state index is 14.2. The molecule has 2 aromatic carbocycles. The number of para-hydroxylation sites is 1. The lowest BCUT2D eigenvalue weighted by atomic mass is 10.0. The highest BCUT2D eigenvalue weighted by Crippen LogP contribution is 2.38. The van der Waals surface area contributed by atoms with Gasteiger partial charge in [0.2, 0.25) is 5.63 Å². The lowest BCUT2D eigenvalue weighted by Gasteiger charge is -2.23. The Balaban J connectivity index is 2.18. The SMILES string of the molecule is C[N+]1(c2ccccc2-c2cc(F)c(F)cc2F)C=CC(C(F)Cl)=N1. The third-order valence-corrected chi connectivity index (χ3v) is 4.00. The first kappa shape index (κ1) is 16.7. The Bertz CT molecular complexity index is 864. The van der Waals surface area contributed by atoms with Gasteiger partial charge in [-0.3, -0.25) is 0 Å². The molecule has 0 N–H and O–H groups in total. The van der Waals surface area contributed by atoms with Crippen LogP contribution in [0.15, 0.2) is 53.8 Å². The van der Waals surface area contributed by atoms with Gasteiger partial charge < -0.3 is 0 Å². The van der Waals surface area contributed by atoms with Crippen molar-refractivity contribution in [2.75, 3.05) is 7.05 Å². The number of hydrogen-bond acceptors (Lipinski definition) is 1. The molecule has 2 unspecified atom stereocenters. The van der Waals surface area contributed by atoms with Gasteiger partial charge in [-0.2, -0.15) is 0 Å². The third-order valence-electron chi connectivity index (χ3n) is 3.77. The molecule has 0 aromatic heterocycles. The van der Waals surface area contributed by atoms with Gasteiger partial charge in [0.05, 0.1) is 0 Å². The fourth-order valence-electron chi connectivity index (χ4n) is 2.60. The first-order chi connectivity index (χ1) is 11.3. The van der Waals surface area contributed by atoms with Gasteiger partial charge in [0.1, 0.15) is 19.1 Å². The summed E-state index contributed by atoms with van der Waals surface area (Å²) in [7, 11) is 1.64. The molecule has 1 heterocycles. The maximum Gasteiger partial charge on any atom is 0.220 e. The van der Waals surface area contributed by atoms with Crippen LogP contribution in [-0.4, -0.2) is 18.4 Å². The summed E-state index contributed by atoms with van der Waals surface area (Å²) < 4.78 is 54.0. The minimum absolute atomic E-state index is 0.0275. The average molecular weight is 356 g/mol. The Hall–Kier alpha value is -2.18. The van der Waals surface area contributed by atoms with Gasteiger partial charge in [0, 0.05) is 29.3 Å². The summed E-state index contributed by atoms with van der Waals surface area (Å²) in [5.41, 5.74) is -1.07. The van der Waals surface area contributed by atoms with Crippen molar-refractivity contribution in [1.82, 2.24) is 4.59 Å². The van der Waals surface area contributed by atoms with E-state index in [4.69, 9.17) is 11.6 Å². The van der Waals surface area contributed by atoms with Crippen molar-refractivity contribution in [3.63, 3.8) is 0 Å². The van der Waals surface area contributed by atoms with E-state index >= 15 is 0 Å². The molecule has 2 atom stereocenters. The molecule has 0 spiro atoms. The molecule has 0 aliphatic carbocycles. The van der Waals surface area contributed by atoms with Gasteiger partial charge in [0.15, 0.2) is 23.0 Å². The van der Waals surface area contributed by atoms with Gasteiger partial charge in [-0.1, -0.05) is 28.8 Å². The number of benzene rings is 2. The standard InChI is InChI=1S/C17H12ClF4N2/c1-24(7-6-15(23-24)17(18)22)16-5-3-2-4-10(16)11-8-13(20)14(21)9-12(11)19/h2-9,17H,1H3/q+1. The average Bonchev–Trinajstić information content (AvgIpc) is 2.95. The van der Waals surface area contributed by atoms with Crippen molar-refractivity contribution >= 4 is 23.0 Å². The second kappa shape index (κ2) is 6.03. The first-order valence-electron chi connectivity index (χ1n) is 7.00. The lowest BCUT2D eigenvalue weighted by molar-refractivity contribution is 0.473. The molecule has 24 heavy (non-hydrogen) atoms. The van der Waals surface area contributed by atoms with Gasteiger partial charge >= 0.3 is 0 Å². The quantitative estimate of drug-likeness (QED) is 0.313. The number of halogens is 5. The molecule has 1 aliphatic rings. The number of rotatable bonds is 3. The van der Waals surface area contributed by atoms with E-state index in [-0.39, 0.29) is 15.9 Å². The van der Waals surface area contributed by atoms with E-state index in [9.17, 15) is 17.6 Å². The number of alkyl halides is 2. The highest BCUT2D eigenvalue weighted by molar-refractivity contribution is 6.33. The zero-order valence-electron chi connectivity index (χ0n) is 12.5. The molecule has 0 amide bonds. The molecule has 0 bridgehead atoms. The molecule has 2 nitrogen and oxygen atoms in total. The van der Waals surface area contributed by atoms with E-state index in [1.54, 1.807) is 37.5 Å². The minimum Gasteiger partial charge on any atom is -0.223 e. The molecule has 124 valence electrons. The molecule has 3 rings (SSSR count). The molecular formula is C17H12ClF4N2+. The topological polar surface area (TPSA) is 12.4 Å². The number of nitrogens with zero attached hydrogens (tertiary/aromatic N) is 2. The van der Waals surface area contributed by atoms with Crippen LogP contribution in [0.4, 0.5) is 23.2 Å². The van der Waals surface area contributed by atoms with Crippen molar-refractivity contribution in [3.8, 4) is 11.1 Å². The van der Waals surface area contributed by atoms with E-state index in [1.807, 2.05) is 0 Å². The molecule has 0 saturated heterocycles. The van der Waals surface area contributed by atoms with Crippen LogP contribution in [0, 0.1) is 17.5 Å². The first-order valence-corrected chi connectivity index (χ1v) is 7.44. The van der Waals surface area contributed by atoms with Gasteiger partial charge in [-0.05, 0) is 12.1 Å². The van der Waals surface area contributed by atoms with Crippen molar-refractivity contribution in [2.45, 2.75) is 5.63 Å². The van der Waals surface area contributed by atoms with E-state index in [1.165, 1.54) is 6.08 Å². The number of quaternary nitrogens is 1. The van der Waals surface area contributed by atoms with E-state index < -0.39 is 23.1 Å². The molecule has 2 aromatic rings. The van der Waals surface area contributed by atoms with Crippen molar-refractivity contribution in [3.05, 3.63) is 66.1 Å². The van der Waals surface area contributed by atoms with Gasteiger partial charge in [-0.15, -0.1) is 4.59 Å². The van der Waals surface area contributed by atoms with Crippen molar-refractivity contribution in [2.24, 2.45) is 5.10 Å². The summed E-state index contributed by atoms with van der Waals surface area (Å²) in [5, 5.41) is 4.19. The maximum atomic E-state index is 14.2. The summed E-state index contributed by atoms with van der Waals surface area (Å²) in [6, 6.07) is 7.81. The van der Waals surface area contributed by atoms with Gasteiger partial charge in [-0.25, -0.2) is 17.6 Å². The van der Waals surface area contributed by atoms with Gasteiger partial charge in [0.25, 0.3) is 0 Å². The van der Waals surface area contributed by atoms with E-state index in [0.29, 0.717) is 17.3 Å². The predicted octanol–water partition coefficient (Wildman–Crippen LogP) is 5.13. The Morgan fingerprint density at radius 3 is 2.33 bits per heavy atom. The van der Waals surface area contributed by atoms with Crippen molar-refractivity contribution in [1.29, 1.82) is 0 Å². The summed E-state index contributed by atoms with van der Waals surface area (Å²) in [4.78, 5) is 0. The van der Waals surface area contributed by atoms with Crippen LogP contribution in [0.5, 0.6) is 0 Å². The summed E-state index contributed by atoms with van der Waals surface area (Å²) in [5.74, 6) is -3.33. The van der Waals surface area contributed by atoms with Crippen LogP contribution in [0.2, 0.25) is 0 Å². The second-order valence-corrected chi connectivity index (χ2v) is 5.81. The molecular weight excluding hydrogens is 344 g/mol. The molecule has 0 fully saturated rings. The molecule has 0 saturated carbocycles. The Labute approximate surface area is 140 Å². The highest BCUT2D eigenvalue weighted by atomic mass is 35.5. The summed E-state index contributed by atoms with van der Waals surface area (Å²) in [6.45, 7) is 0.